The zero-order valence-electron chi connectivity index (χ0n) is 25.8. The monoisotopic (exact) mass is 565 g/mol. The second-order valence-corrected chi connectivity index (χ2v) is 12.0. The molecule has 0 atom stereocenters. The number of hydrogen-bond acceptors (Lipinski definition) is 5. The van der Waals surface area contributed by atoms with E-state index in [1.54, 1.807) is 6.20 Å². The van der Waals surface area contributed by atoms with Gasteiger partial charge in [0.15, 0.2) is 0 Å². The van der Waals surface area contributed by atoms with Gasteiger partial charge in [-0.05, 0) is 108 Å². The Labute approximate surface area is 248 Å². The molecule has 4 aromatic rings. The van der Waals surface area contributed by atoms with Crippen molar-refractivity contribution in [3.05, 3.63) is 92.5 Å². The third-order valence-corrected chi connectivity index (χ3v) is 9.16. The fraction of sp³-hybridized carbons (Fsp3) is 0.400. The molecule has 0 spiro atoms. The number of amides is 1. The van der Waals surface area contributed by atoms with Gasteiger partial charge in [0.1, 0.15) is 0 Å². The highest BCUT2D eigenvalue weighted by molar-refractivity contribution is 6.02. The highest BCUT2D eigenvalue weighted by Gasteiger charge is 2.31. The van der Waals surface area contributed by atoms with Crippen LogP contribution in [0, 0.1) is 20.8 Å². The summed E-state index contributed by atoms with van der Waals surface area (Å²) in [6.07, 6.45) is 6.59. The van der Waals surface area contributed by atoms with Crippen molar-refractivity contribution in [2.24, 2.45) is 5.73 Å². The van der Waals surface area contributed by atoms with E-state index in [-0.39, 0.29) is 5.56 Å². The molecule has 220 valence electrons. The van der Waals surface area contributed by atoms with E-state index in [9.17, 15) is 9.59 Å². The largest absolute Gasteiger partial charge is 0.368 e. The number of aromatic nitrogens is 2. The Morgan fingerprint density at radius 1 is 0.976 bits per heavy atom. The Kier molecular flexibility index (Phi) is 8.50. The van der Waals surface area contributed by atoms with E-state index < -0.39 is 5.91 Å². The van der Waals surface area contributed by atoms with Gasteiger partial charge in [-0.15, -0.1) is 0 Å². The first-order valence-corrected chi connectivity index (χ1v) is 15.0. The molecule has 42 heavy (non-hydrogen) atoms. The van der Waals surface area contributed by atoms with Crippen LogP contribution >= 0.6 is 0 Å². The van der Waals surface area contributed by atoms with Crippen LogP contribution in [0.15, 0.2) is 53.5 Å². The minimum Gasteiger partial charge on any atom is -0.368 e. The lowest BCUT2D eigenvalue weighted by atomic mass is 9.84. The second-order valence-electron chi connectivity index (χ2n) is 12.0. The summed E-state index contributed by atoms with van der Waals surface area (Å²) in [5.74, 6) is -0.452. The fourth-order valence-electron chi connectivity index (χ4n) is 6.97. The number of nitrogens with one attached hydrogen (secondary N) is 1. The Hall–Kier alpha value is -3.97. The van der Waals surface area contributed by atoms with E-state index in [0.717, 1.165) is 87.9 Å². The molecule has 0 aliphatic heterocycles. The van der Waals surface area contributed by atoms with Crippen LogP contribution in [0.2, 0.25) is 0 Å². The number of benzene rings is 2. The topological polar surface area (TPSA) is 95.3 Å². The smallest absolute Gasteiger partial charge is 0.251 e. The molecule has 5 rings (SSSR count). The lowest BCUT2D eigenvalue weighted by Gasteiger charge is -2.41. The molecule has 0 saturated heterocycles. The number of nitrogens with two attached hydrogens (primary N) is 1. The first kappa shape index (κ1) is 29.5. The lowest BCUT2D eigenvalue weighted by Crippen LogP contribution is -2.43. The molecule has 0 bridgehead atoms. The SMILES string of the molecule is CCN(c1c(C)c(C(N)=O)cc(-c2cccc3cccnc23)c1Cc1c(C)cc(C)[nH]c1=O)C1CCC(N(C)C)CC1. The predicted molar refractivity (Wildman–Crippen MR) is 173 cm³/mol. The summed E-state index contributed by atoms with van der Waals surface area (Å²) in [5, 5.41) is 1.02. The zero-order valence-corrected chi connectivity index (χ0v) is 25.8. The van der Waals surface area contributed by atoms with E-state index in [4.69, 9.17) is 10.7 Å². The third kappa shape index (κ3) is 5.58. The van der Waals surface area contributed by atoms with Gasteiger partial charge in [0, 0.05) is 64.7 Å². The Bertz CT molecular complexity index is 1680. The van der Waals surface area contributed by atoms with Crippen LogP contribution in [0.5, 0.6) is 0 Å². The first-order valence-electron chi connectivity index (χ1n) is 15.0. The van der Waals surface area contributed by atoms with Crippen LogP contribution in [0.3, 0.4) is 0 Å². The van der Waals surface area contributed by atoms with E-state index in [1.807, 2.05) is 57.2 Å². The van der Waals surface area contributed by atoms with Crippen molar-refractivity contribution >= 4 is 22.5 Å². The number of H-pyrrole nitrogens is 1. The maximum absolute atomic E-state index is 13.4. The van der Waals surface area contributed by atoms with Gasteiger partial charge >= 0.3 is 0 Å². The number of fused-ring (bicyclic) bond motifs is 1. The van der Waals surface area contributed by atoms with E-state index >= 15 is 0 Å². The fourth-order valence-corrected chi connectivity index (χ4v) is 6.97. The molecular formula is C35H43N5O2. The molecule has 7 nitrogen and oxygen atoms in total. The van der Waals surface area contributed by atoms with Crippen LogP contribution in [-0.2, 0) is 6.42 Å². The summed E-state index contributed by atoms with van der Waals surface area (Å²) in [7, 11) is 4.32. The van der Waals surface area contributed by atoms with Gasteiger partial charge in [-0.2, -0.15) is 0 Å². The van der Waals surface area contributed by atoms with Gasteiger partial charge < -0.3 is 20.5 Å². The summed E-state index contributed by atoms with van der Waals surface area (Å²) in [5.41, 5.74) is 14.6. The number of aryl methyl sites for hydroxylation is 2. The van der Waals surface area contributed by atoms with Gasteiger partial charge in [-0.25, -0.2) is 0 Å². The quantitative estimate of drug-likeness (QED) is 0.277. The van der Waals surface area contributed by atoms with Gasteiger partial charge in [-0.3, -0.25) is 14.6 Å². The molecule has 1 fully saturated rings. The van der Waals surface area contributed by atoms with E-state index in [0.29, 0.717) is 24.1 Å². The average molecular weight is 566 g/mol. The van der Waals surface area contributed by atoms with Gasteiger partial charge in [0.25, 0.3) is 5.56 Å². The zero-order chi connectivity index (χ0) is 30.1. The van der Waals surface area contributed by atoms with Crippen molar-refractivity contribution in [3.63, 3.8) is 0 Å². The maximum Gasteiger partial charge on any atom is 0.251 e. The summed E-state index contributed by atoms with van der Waals surface area (Å²) < 4.78 is 0. The number of rotatable bonds is 8. The number of nitrogens with zero attached hydrogens (tertiary/aromatic N) is 3. The maximum atomic E-state index is 13.4. The highest BCUT2D eigenvalue weighted by Crippen LogP contribution is 2.42. The number of anilines is 1. The molecule has 3 N–H and O–H groups in total. The molecule has 1 saturated carbocycles. The molecule has 0 radical (unpaired) electrons. The second kappa shape index (κ2) is 12.1. The Morgan fingerprint density at radius 3 is 2.31 bits per heavy atom. The predicted octanol–water partition coefficient (Wildman–Crippen LogP) is 5.90. The summed E-state index contributed by atoms with van der Waals surface area (Å²) >= 11 is 0. The average Bonchev–Trinajstić information content (AvgIpc) is 2.96. The number of carbonyl (C=O) groups is 1. The Morgan fingerprint density at radius 2 is 1.67 bits per heavy atom. The minimum absolute atomic E-state index is 0.0772. The summed E-state index contributed by atoms with van der Waals surface area (Å²) in [4.78, 5) is 38.9. The van der Waals surface area contributed by atoms with Gasteiger partial charge in [-0.1, -0.05) is 24.3 Å². The van der Waals surface area contributed by atoms with Crippen LogP contribution in [0.25, 0.3) is 22.0 Å². The number of primary amides is 1. The van der Waals surface area contributed by atoms with E-state index in [2.05, 4.69) is 41.9 Å². The molecule has 1 aliphatic rings. The Balaban J connectivity index is 1.80. The van der Waals surface area contributed by atoms with Crippen LogP contribution in [0.4, 0.5) is 5.69 Å². The number of aromatic amines is 1. The van der Waals surface area contributed by atoms with E-state index in [1.165, 1.54) is 0 Å². The number of para-hydroxylation sites is 1. The molecule has 2 heterocycles. The molecule has 2 aromatic heterocycles. The van der Waals surface area contributed by atoms with Crippen molar-refractivity contribution in [1.29, 1.82) is 0 Å². The number of carbonyl (C=O) groups excluding carboxylic acids is 1. The van der Waals surface area contributed by atoms with Crippen molar-refractivity contribution < 1.29 is 4.79 Å². The molecular weight excluding hydrogens is 522 g/mol. The van der Waals surface area contributed by atoms with Crippen molar-refractivity contribution in [2.45, 2.75) is 71.9 Å². The minimum atomic E-state index is -0.452. The van der Waals surface area contributed by atoms with Crippen molar-refractivity contribution in [3.8, 4) is 11.1 Å². The van der Waals surface area contributed by atoms with Crippen molar-refractivity contribution in [1.82, 2.24) is 14.9 Å². The molecule has 0 unspecified atom stereocenters. The normalized spacial score (nSPS) is 17.1. The third-order valence-electron chi connectivity index (χ3n) is 9.16. The van der Waals surface area contributed by atoms with Crippen molar-refractivity contribution in [2.75, 3.05) is 25.5 Å². The highest BCUT2D eigenvalue weighted by atomic mass is 16.1. The molecule has 7 heteroatoms. The van der Waals surface area contributed by atoms with Gasteiger partial charge in [0.05, 0.1) is 5.52 Å². The molecule has 1 aliphatic carbocycles. The standard InChI is InChI=1S/C35H43N5O2/c1-7-40(26-15-13-25(14-16-26)39(5)6)33-23(4)29(34(36)41)20-30(27-12-8-10-24-11-9-17-37-32(24)27)31(33)19-28-21(2)18-22(3)38-35(28)42/h8-12,17-18,20,25-26H,7,13-16,19H2,1-6H3,(H2,36,41)(H,38,42). The summed E-state index contributed by atoms with van der Waals surface area (Å²) in [6.45, 7) is 8.88. The lowest BCUT2D eigenvalue weighted by molar-refractivity contribution is 0.0999. The number of hydrogen-bond donors (Lipinski definition) is 2. The molecule has 1 amide bonds. The van der Waals surface area contributed by atoms with Gasteiger partial charge in [0.2, 0.25) is 5.91 Å². The van der Waals surface area contributed by atoms with Crippen LogP contribution in [0.1, 0.15) is 70.9 Å². The van der Waals surface area contributed by atoms with Crippen LogP contribution in [-0.4, -0.2) is 53.5 Å². The first-order chi connectivity index (χ1) is 20.1. The molecule has 2 aromatic carbocycles. The number of pyridine rings is 2. The summed E-state index contributed by atoms with van der Waals surface area (Å²) in [6, 6.07) is 15.0. The van der Waals surface area contributed by atoms with Crippen LogP contribution < -0.4 is 16.2 Å².